The first-order valence-electron chi connectivity index (χ1n) is 10.8. The smallest absolute Gasteiger partial charge is 0.542 e. The number of hydrogen-bond donors (Lipinski definition) is 3. The van der Waals surface area contributed by atoms with Crippen LogP contribution in [0.15, 0.2) is 24.3 Å². The van der Waals surface area contributed by atoms with Crippen molar-refractivity contribution in [1.29, 1.82) is 0 Å². The van der Waals surface area contributed by atoms with Crippen LogP contribution in [0.3, 0.4) is 0 Å². The molecule has 4 N–H and O–H groups in total. The van der Waals surface area contributed by atoms with Crippen LogP contribution >= 0.6 is 0 Å². The first kappa shape index (κ1) is 33.7. The van der Waals surface area contributed by atoms with Crippen molar-refractivity contribution < 1.29 is 54.2 Å². The van der Waals surface area contributed by atoms with E-state index >= 15 is 0 Å². The van der Waals surface area contributed by atoms with Crippen LogP contribution in [0.1, 0.15) is 96.8 Å². The van der Waals surface area contributed by atoms with Crippen molar-refractivity contribution in [3.8, 4) is 0 Å². The molecule has 0 aliphatic heterocycles. The SMILES string of the molecule is CCCCC/C=C\C/C=C\CCCCCCC[C-]=O.NC(CCC(=O)O)C(=O)O.[Na+]. The molecule has 0 bridgehead atoms. The minimum atomic E-state index is -1.17. The van der Waals surface area contributed by atoms with E-state index in [0.29, 0.717) is 6.42 Å². The number of carbonyl (C=O) groups is 2. The van der Waals surface area contributed by atoms with Gasteiger partial charge < -0.3 is 20.7 Å². The third kappa shape index (κ3) is 31.7. The molecule has 0 spiro atoms. The van der Waals surface area contributed by atoms with Crippen LogP contribution in [-0.4, -0.2) is 34.5 Å². The fraction of sp³-hybridized carbons (Fsp3) is 0.696. The van der Waals surface area contributed by atoms with Gasteiger partial charge in [0.1, 0.15) is 6.04 Å². The Hall–Kier alpha value is -0.950. The van der Waals surface area contributed by atoms with E-state index in [1.165, 1.54) is 57.8 Å². The van der Waals surface area contributed by atoms with Crippen LogP contribution in [0.25, 0.3) is 0 Å². The zero-order valence-electron chi connectivity index (χ0n) is 19.0. The molecule has 0 rings (SSSR count). The molecule has 0 saturated carbocycles. The zero-order valence-corrected chi connectivity index (χ0v) is 21.0. The minimum Gasteiger partial charge on any atom is -0.542 e. The van der Waals surface area contributed by atoms with E-state index in [-0.39, 0.29) is 42.4 Å². The molecule has 6 nitrogen and oxygen atoms in total. The molecule has 7 heteroatoms. The number of hydrogen-bond acceptors (Lipinski definition) is 4. The van der Waals surface area contributed by atoms with E-state index in [1.807, 2.05) is 6.29 Å². The van der Waals surface area contributed by atoms with Crippen LogP contribution in [0, 0.1) is 0 Å². The molecule has 0 aliphatic rings. The summed E-state index contributed by atoms with van der Waals surface area (Å²) in [6.07, 6.45) is 25.0. The van der Waals surface area contributed by atoms with Crippen molar-refractivity contribution in [3.05, 3.63) is 24.3 Å². The summed E-state index contributed by atoms with van der Waals surface area (Å²) < 4.78 is 0. The second-order valence-corrected chi connectivity index (χ2v) is 7.00. The monoisotopic (exact) mass is 433 g/mol. The largest absolute Gasteiger partial charge is 1.00 e. The van der Waals surface area contributed by atoms with Gasteiger partial charge in [0.25, 0.3) is 0 Å². The summed E-state index contributed by atoms with van der Waals surface area (Å²) in [7, 11) is 0. The second kappa shape index (κ2) is 28.1. The second-order valence-electron chi connectivity index (χ2n) is 7.00. The minimum absolute atomic E-state index is 0. The van der Waals surface area contributed by atoms with Gasteiger partial charge >= 0.3 is 41.5 Å². The summed E-state index contributed by atoms with van der Waals surface area (Å²) in [5.41, 5.74) is 5.00. The topological polar surface area (TPSA) is 118 Å². The number of rotatable bonds is 18. The van der Waals surface area contributed by atoms with Crippen molar-refractivity contribution in [2.45, 2.75) is 103 Å². The number of carbonyl (C=O) groups excluding carboxylic acids is 1. The third-order valence-corrected chi connectivity index (χ3v) is 4.22. The van der Waals surface area contributed by atoms with Crippen LogP contribution in [0.4, 0.5) is 0 Å². The molecule has 1 unspecified atom stereocenters. The number of allylic oxidation sites excluding steroid dienone is 4. The summed E-state index contributed by atoms with van der Waals surface area (Å²) in [6, 6.07) is -1.06. The third-order valence-electron chi connectivity index (χ3n) is 4.22. The van der Waals surface area contributed by atoms with Crippen molar-refractivity contribution >= 4 is 18.2 Å². The maximum atomic E-state index is 10.00. The summed E-state index contributed by atoms with van der Waals surface area (Å²) in [4.78, 5) is 29.9. The van der Waals surface area contributed by atoms with Gasteiger partial charge in [0.05, 0.1) is 0 Å². The molecule has 0 radical (unpaired) electrons. The Morgan fingerprint density at radius 3 is 1.93 bits per heavy atom. The average Bonchev–Trinajstić information content (AvgIpc) is 2.69. The predicted octanol–water partition coefficient (Wildman–Crippen LogP) is 2.18. The van der Waals surface area contributed by atoms with Gasteiger partial charge in [0.2, 0.25) is 0 Å². The van der Waals surface area contributed by atoms with Gasteiger partial charge in [-0.15, -0.1) is 0 Å². The summed E-state index contributed by atoms with van der Waals surface area (Å²) in [5, 5.41) is 16.3. The van der Waals surface area contributed by atoms with E-state index in [4.69, 9.17) is 15.9 Å². The van der Waals surface area contributed by atoms with Crippen molar-refractivity contribution in [3.63, 3.8) is 0 Å². The van der Waals surface area contributed by atoms with Gasteiger partial charge in [0.15, 0.2) is 0 Å². The number of nitrogens with two attached hydrogens (primary N) is 1. The molecule has 0 amide bonds. The van der Waals surface area contributed by atoms with E-state index in [2.05, 4.69) is 31.2 Å². The maximum Gasteiger partial charge on any atom is 1.00 e. The Kier molecular flexibility index (Phi) is 31.5. The normalized spacial score (nSPS) is 11.5. The summed E-state index contributed by atoms with van der Waals surface area (Å²) in [6.45, 7) is 2.24. The van der Waals surface area contributed by atoms with Crippen molar-refractivity contribution in [2.75, 3.05) is 0 Å². The van der Waals surface area contributed by atoms with Gasteiger partial charge in [-0.1, -0.05) is 69.8 Å². The van der Waals surface area contributed by atoms with Crippen LogP contribution in [0.2, 0.25) is 0 Å². The summed E-state index contributed by atoms with van der Waals surface area (Å²) in [5.74, 6) is -2.20. The molecule has 0 aromatic heterocycles. The van der Waals surface area contributed by atoms with Gasteiger partial charge in [0, 0.05) is 6.42 Å². The van der Waals surface area contributed by atoms with Crippen molar-refractivity contribution in [2.24, 2.45) is 5.73 Å². The molecule has 0 aliphatic carbocycles. The molecule has 168 valence electrons. The zero-order chi connectivity index (χ0) is 22.2. The van der Waals surface area contributed by atoms with Gasteiger partial charge in [-0.25, -0.2) is 0 Å². The van der Waals surface area contributed by atoms with Crippen molar-refractivity contribution in [1.82, 2.24) is 0 Å². The van der Waals surface area contributed by atoms with E-state index < -0.39 is 18.0 Å². The first-order valence-corrected chi connectivity index (χ1v) is 10.8. The van der Waals surface area contributed by atoms with Crippen LogP contribution in [-0.2, 0) is 14.4 Å². The quantitative estimate of drug-likeness (QED) is 0.132. The Morgan fingerprint density at radius 2 is 1.43 bits per heavy atom. The first-order chi connectivity index (χ1) is 14.0. The van der Waals surface area contributed by atoms with E-state index in [1.54, 1.807) is 0 Å². The number of unbranched alkanes of at least 4 members (excludes halogenated alkanes) is 9. The molecule has 0 aromatic rings. The molecule has 0 saturated heterocycles. The van der Waals surface area contributed by atoms with Crippen LogP contribution in [0.5, 0.6) is 0 Å². The molecule has 1 atom stereocenters. The molecule has 30 heavy (non-hydrogen) atoms. The Morgan fingerprint density at radius 1 is 0.900 bits per heavy atom. The fourth-order valence-corrected chi connectivity index (χ4v) is 2.41. The molecule has 0 heterocycles. The average molecular weight is 434 g/mol. The number of carboxylic acids is 2. The number of carboxylic acid groups (broad SMARTS) is 2. The Balaban J connectivity index is -0.000000563. The summed E-state index contributed by atoms with van der Waals surface area (Å²) >= 11 is 0. The molecular formula is C23H40NNaO5. The molecular weight excluding hydrogens is 393 g/mol. The Bertz CT molecular complexity index is 467. The molecule has 0 aromatic carbocycles. The van der Waals surface area contributed by atoms with Gasteiger partial charge in [-0.2, -0.15) is 6.42 Å². The van der Waals surface area contributed by atoms with Crippen LogP contribution < -0.4 is 35.3 Å². The standard InChI is InChI=1S/C18H31O.C5H9NO4.Na/c1-2-3-4-5-6-7-8-9-10-11-12-13-14-15-16-17-18-19;6-3(5(9)10)1-2-4(7)8;/h6-7,9-10H,2-5,8,11-17H2,1H3;3H,1-2,6H2,(H,7,8)(H,9,10);/q-1;;+1/b7-6-,10-9-;;. The Labute approximate surface area is 204 Å². The van der Waals surface area contributed by atoms with Gasteiger partial charge in [-0.05, 0) is 38.5 Å². The predicted molar refractivity (Wildman–Crippen MR) is 118 cm³/mol. The number of aliphatic carboxylic acids is 2. The maximum absolute atomic E-state index is 10.00. The van der Waals surface area contributed by atoms with Gasteiger partial charge in [-0.3, -0.25) is 15.9 Å². The van der Waals surface area contributed by atoms with E-state index in [0.717, 1.165) is 12.8 Å². The van der Waals surface area contributed by atoms with E-state index in [9.17, 15) is 14.4 Å². The molecule has 0 fully saturated rings. The fourth-order valence-electron chi connectivity index (χ4n) is 2.41.